The molecule has 0 spiro atoms. The molecule has 2 atom stereocenters. The van der Waals surface area contributed by atoms with Crippen LogP contribution < -0.4 is 0 Å². The van der Waals surface area contributed by atoms with Crippen LogP contribution in [-0.4, -0.2) is 42.3 Å². The molecule has 0 unspecified atom stereocenters. The fourth-order valence-corrected chi connectivity index (χ4v) is 3.64. The monoisotopic (exact) mass is 407 g/mol. The highest BCUT2D eigenvalue weighted by atomic mass is 16.6. The fourth-order valence-electron chi connectivity index (χ4n) is 3.64. The van der Waals surface area contributed by atoms with Gasteiger partial charge in [-0.3, -0.25) is 4.79 Å². The molecule has 0 bridgehead atoms. The Morgan fingerprint density at radius 2 is 1.63 bits per heavy atom. The van der Waals surface area contributed by atoms with Crippen molar-refractivity contribution in [2.24, 2.45) is 0 Å². The third kappa shape index (κ3) is 5.09. The molecule has 0 aromatic heterocycles. The Morgan fingerprint density at radius 3 is 2.23 bits per heavy atom. The molecule has 30 heavy (non-hydrogen) atoms. The number of rotatable bonds is 4. The Labute approximate surface area is 178 Å². The minimum atomic E-state index is -0.635. The summed E-state index contributed by atoms with van der Waals surface area (Å²) in [5, 5.41) is 0. The molecule has 3 rings (SSSR count). The van der Waals surface area contributed by atoms with E-state index >= 15 is 0 Å². The lowest BCUT2D eigenvalue weighted by molar-refractivity contribution is -0.143. The van der Waals surface area contributed by atoms with Crippen LogP contribution in [0.1, 0.15) is 38.7 Å². The van der Waals surface area contributed by atoms with Gasteiger partial charge in [0.2, 0.25) is 0 Å². The Morgan fingerprint density at radius 1 is 1.00 bits per heavy atom. The summed E-state index contributed by atoms with van der Waals surface area (Å²) in [5.74, 6) is -1.02. The standard InChI is InChI=1S/C25H29NO4/c1-25(2,3)30-24(28)26-17-9-8-12-21(26)22(23(27)29-4)20-15-13-19(14-16-20)18-10-6-5-7-11-18/h5-8,10-16,21-22H,9,17H2,1-4H3/t21-,22-/m1/s1. The van der Waals surface area contributed by atoms with Crippen LogP contribution in [0.25, 0.3) is 11.1 Å². The number of ether oxygens (including phenoxy) is 2. The van der Waals surface area contributed by atoms with E-state index in [2.05, 4.69) is 0 Å². The van der Waals surface area contributed by atoms with E-state index in [1.54, 1.807) is 4.90 Å². The molecular formula is C25H29NO4. The molecule has 0 saturated carbocycles. The first-order valence-corrected chi connectivity index (χ1v) is 10.2. The number of methoxy groups -OCH3 is 1. The first-order chi connectivity index (χ1) is 14.3. The first kappa shape index (κ1) is 21.6. The number of nitrogens with zero attached hydrogens (tertiary/aromatic N) is 1. The van der Waals surface area contributed by atoms with Crippen LogP contribution in [0.15, 0.2) is 66.7 Å². The normalized spacial score (nSPS) is 17.3. The number of carbonyl (C=O) groups excluding carboxylic acids is 2. The van der Waals surface area contributed by atoms with Gasteiger partial charge in [0.1, 0.15) is 11.5 Å². The third-order valence-electron chi connectivity index (χ3n) is 5.03. The van der Waals surface area contributed by atoms with Crippen molar-refractivity contribution in [2.75, 3.05) is 13.7 Å². The largest absolute Gasteiger partial charge is 0.468 e. The zero-order valence-electron chi connectivity index (χ0n) is 18.0. The van der Waals surface area contributed by atoms with Gasteiger partial charge in [-0.05, 0) is 43.9 Å². The Hall–Kier alpha value is -3.08. The fraction of sp³-hybridized carbons (Fsp3) is 0.360. The van der Waals surface area contributed by atoms with Crippen LogP contribution in [0.2, 0.25) is 0 Å². The number of hydrogen-bond acceptors (Lipinski definition) is 4. The number of carbonyl (C=O) groups is 2. The van der Waals surface area contributed by atoms with E-state index in [1.165, 1.54) is 7.11 Å². The van der Waals surface area contributed by atoms with E-state index in [4.69, 9.17) is 9.47 Å². The van der Waals surface area contributed by atoms with Crippen LogP contribution >= 0.6 is 0 Å². The lowest BCUT2D eigenvalue weighted by atomic mass is 9.87. The lowest BCUT2D eigenvalue weighted by Gasteiger charge is -2.37. The van der Waals surface area contributed by atoms with Crippen molar-refractivity contribution in [1.82, 2.24) is 4.90 Å². The van der Waals surface area contributed by atoms with E-state index in [0.717, 1.165) is 23.1 Å². The smallest absolute Gasteiger partial charge is 0.410 e. The molecule has 1 aliphatic heterocycles. The predicted molar refractivity (Wildman–Crippen MR) is 117 cm³/mol. The van der Waals surface area contributed by atoms with Gasteiger partial charge in [0, 0.05) is 6.54 Å². The van der Waals surface area contributed by atoms with Crippen molar-refractivity contribution in [3.63, 3.8) is 0 Å². The lowest BCUT2D eigenvalue weighted by Crippen LogP contribution is -2.48. The van der Waals surface area contributed by atoms with Crippen LogP contribution in [0, 0.1) is 0 Å². The summed E-state index contributed by atoms with van der Waals surface area (Å²) in [5.41, 5.74) is 2.35. The van der Waals surface area contributed by atoms with Crippen molar-refractivity contribution in [3.8, 4) is 11.1 Å². The van der Waals surface area contributed by atoms with Crippen LogP contribution in [0.3, 0.4) is 0 Å². The van der Waals surface area contributed by atoms with Gasteiger partial charge in [0.25, 0.3) is 0 Å². The molecule has 0 aliphatic carbocycles. The second-order valence-electron chi connectivity index (χ2n) is 8.37. The summed E-state index contributed by atoms with van der Waals surface area (Å²) in [6.07, 6.45) is 4.20. The Balaban J connectivity index is 1.93. The second kappa shape index (κ2) is 9.16. The highest BCUT2D eigenvalue weighted by molar-refractivity contribution is 5.81. The molecule has 158 valence electrons. The van der Waals surface area contributed by atoms with Gasteiger partial charge in [-0.15, -0.1) is 0 Å². The van der Waals surface area contributed by atoms with Gasteiger partial charge in [-0.2, -0.15) is 0 Å². The minimum Gasteiger partial charge on any atom is -0.468 e. The highest BCUT2D eigenvalue weighted by Crippen LogP contribution is 2.31. The zero-order chi connectivity index (χ0) is 21.7. The Kier molecular flexibility index (Phi) is 6.60. The zero-order valence-corrected chi connectivity index (χ0v) is 18.0. The van der Waals surface area contributed by atoms with Crippen molar-refractivity contribution in [1.29, 1.82) is 0 Å². The van der Waals surface area contributed by atoms with E-state index in [1.807, 2.05) is 87.5 Å². The van der Waals surface area contributed by atoms with Gasteiger partial charge in [-0.1, -0.05) is 66.7 Å². The quantitative estimate of drug-likeness (QED) is 0.518. The molecule has 1 heterocycles. The molecule has 0 saturated heterocycles. The summed E-state index contributed by atoms with van der Waals surface area (Å²) in [6, 6.07) is 17.4. The molecule has 2 aromatic rings. The van der Waals surface area contributed by atoms with E-state index in [-0.39, 0.29) is 5.97 Å². The highest BCUT2D eigenvalue weighted by Gasteiger charge is 2.38. The molecule has 5 nitrogen and oxygen atoms in total. The topological polar surface area (TPSA) is 55.8 Å². The van der Waals surface area contributed by atoms with Crippen LogP contribution in [-0.2, 0) is 14.3 Å². The summed E-state index contributed by atoms with van der Waals surface area (Å²) >= 11 is 0. The minimum absolute atomic E-state index is 0.382. The molecule has 5 heteroatoms. The molecule has 1 aliphatic rings. The Bertz CT molecular complexity index is 897. The first-order valence-electron chi connectivity index (χ1n) is 10.2. The van der Waals surface area contributed by atoms with E-state index < -0.39 is 23.7 Å². The van der Waals surface area contributed by atoms with E-state index in [0.29, 0.717) is 6.54 Å². The van der Waals surface area contributed by atoms with Gasteiger partial charge >= 0.3 is 12.1 Å². The number of esters is 1. The summed E-state index contributed by atoms with van der Waals surface area (Å²) in [6.45, 7) is 5.99. The third-order valence-corrected chi connectivity index (χ3v) is 5.03. The SMILES string of the molecule is COC(=O)[C@H](c1ccc(-c2ccccc2)cc1)[C@H]1C=CCCN1C(=O)OC(C)(C)C. The van der Waals surface area contributed by atoms with Gasteiger partial charge in [0.15, 0.2) is 0 Å². The van der Waals surface area contributed by atoms with Gasteiger partial charge < -0.3 is 14.4 Å². The molecule has 1 amide bonds. The van der Waals surface area contributed by atoms with Crippen molar-refractivity contribution in [2.45, 2.75) is 44.8 Å². The maximum atomic E-state index is 12.8. The summed E-state index contributed by atoms with van der Waals surface area (Å²) < 4.78 is 10.7. The van der Waals surface area contributed by atoms with Crippen molar-refractivity contribution < 1.29 is 19.1 Å². The predicted octanol–water partition coefficient (Wildman–Crippen LogP) is 5.18. The molecular weight excluding hydrogens is 378 g/mol. The van der Waals surface area contributed by atoms with Crippen molar-refractivity contribution in [3.05, 3.63) is 72.3 Å². The number of hydrogen-bond donors (Lipinski definition) is 0. The van der Waals surface area contributed by atoms with Crippen LogP contribution in [0.5, 0.6) is 0 Å². The molecule has 2 aromatic carbocycles. The van der Waals surface area contributed by atoms with Gasteiger partial charge in [0.05, 0.1) is 13.2 Å². The number of benzene rings is 2. The van der Waals surface area contributed by atoms with Crippen LogP contribution in [0.4, 0.5) is 4.79 Å². The molecule has 0 fully saturated rings. The van der Waals surface area contributed by atoms with Crippen molar-refractivity contribution >= 4 is 12.1 Å². The average Bonchev–Trinajstić information content (AvgIpc) is 2.74. The average molecular weight is 408 g/mol. The van der Waals surface area contributed by atoms with E-state index in [9.17, 15) is 9.59 Å². The van der Waals surface area contributed by atoms with Gasteiger partial charge in [-0.25, -0.2) is 4.79 Å². The maximum Gasteiger partial charge on any atom is 0.410 e. The second-order valence-corrected chi connectivity index (χ2v) is 8.37. The number of amides is 1. The molecule has 0 radical (unpaired) electrons. The molecule has 0 N–H and O–H groups in total. The maximum absolute atomic E-state index is 12.8. The summed E-state index contributed by atoms with van der Waals surface area (Å²) in [4.78, 5) is 27.2. The summed E-state index contributed by atoms with van der Waals surface area (Å²) in [7, 11) is 1.37.